The summed E-state index contributed by atoms with van der Waals surface area (Å²) in [4.78, 5) is 29.0. The van der Waals surface area contributed by atoms with Crippen LogP contribution in [0.2, 0.25) is 0 Å². The number of aromatic nitrogens is 1. The van der Waals surface area contributed by atoms with E-state index in [1.165, 1.54) is 6.42 Å². The van der Waals surface area contributed by atoms with E-state index in [1.54, 1.807) is 13.0 Å². The number of nitrogens with one attached hydrogen (secondary N) is 1. The summed E-state index contributed by atoms with van der Waals surface area (Å²) in [6.45, 7) is 4.80. The lowest BCUT2D eigenvalue weighted by Crippen LogP contribution is -2.54. The van der Waals surface area contributed by atoms with E-state index in [0.29, 0.717) is 56.1 Å². The lowest BCUT2D eigenvalue weighted by molar-refractivity contribution is -0.139. The number of carbonyl (C=O) groups is 2. The normalized spacial score (nSPS) is 31.4. The van der Waals surface area contributed by atoms with Crippen molar-refractivity contribution < 1.29 is 14.1 Å². The fourth-order valence-corrected chi connectivity index (χ4v) is 4.85. The molecule has 0 spiro atoms. The summed E-state index contributed by atoms with van der Waals surface area (Å²) in [7, 11) is 0. The topological polar surface area (TPSA) is 105 Å². The number of anilines is 1. The van der Waals surface area contributed by atoms with Crippen LogP contribution in [0.1, 0.15) is 25.0 Å². The Morgan fingerprint density at radius 1 is 1.27 bits per heavy atom. The first kappa shape index (κ1) is 17.5. The summed E-state index contributed by atoms with van der Waals surface area (Å²) in [6.07, 6.45) is 3.46. The number of rotatable bonds is 4. The predicted molar refractivity (Wildman–Crippen MR) is 95.2 cm³/mol. The molecular weight excluding hydrogens is 334 g/mol. The molecule has 1 saturated heterocycles. The number of piperazine rings is 1. The number of amides is 2. The maximum absolute atomic E-state index is 12.9. The number of hydrogen-bond donors (Lipinski definition) is 2. The van der Waals surface area contributed by atoms with Crippen molar-refractivity contribution >= 4 is 17.6 Å². The molecule has 8 nitrogen and oxygen atoms in total. The highest BCUT2D eigenvalue weighted by Gasteiger charge is 2.50. The Labute approximate surface area is 153 Å². The monoisotopic (exact) mass is 361 g/mol. The molecule has 4 unspecified atom stereocenters. The van der Waals surface area contributed by atoms with Gasteiger partial charge in [0.2, 0.25) is 11.8 Å². The molecule has 2 amide bonds. The minimum Gasteiger partial charge on any atom is -0.360 e. The van der Waals surface area contributed by atoms with Gasteiger partial charge in [-0.15, -0.1) is 0 Å². The maximum atomic E-state index is 12.9. The highest BCUT2D eigenvalue weighted by molar-refractivity contribution is 5.91. The van der Waals surface area contributed by atoms with Gasteiger partial charge in [-0.2, -0.15) is 0 Å². The summed E-state index contributed by atoms with van der Waals surface area (Å²) < 4.78 is 4.94. The second-order valence-electron chi connectivity index (χ2n) is 7.91. The second kappa shape index (κ2) is 7.00. The van der Waals surface area contributed by atoms with Crippen LogP contribution in [0.3, 0.4) is 0 Å². The van der Waals surface area contributed by atoms with E-state index in [4.69, 9.17) is 10.3 Å². The van der Waals surface area contributed by atoms with Crippen molar-refractivity contribution in [2.24, 2.45) is 23.5 Å². The van der Waals surface area contributed by atoms with Crippen molar-refractivity contribution in [3.8, 4) is 0 Å². The van der Waals surface area contributed by atoms with Crippen LogP contribution in [0.15, 0.2) is 10.6 Å². The maximum Gasteiger partial charge on any atom is 0.239 e. The minimum absolute atomic E-state index is 0.0130. The van der Waals surface area contributed by atoms with Crippen molar-refractivity contribution in [3.05, 3.63) is 11.8 Å². The lowest BCUT2D eigenvalue weighted by Gasteiger charge is -2.38. The predicted octanol–water partition coefficient (Wildman–Crippen LogP) is 0.439. The van der Waals surface area contributed by atoms with E-state index < -0.39 is 0 Å². The number of carbonyl (C=O) groups excluding carboxylic acids is 2. The molecule has 2 aliphatic carbocycles. The summed E-state index contributed by atoms with van der Waals surface area (Å²) in [5.41, 5.74) is 6.32. The Kier molecular flexibility index (Phi) is 4.71. The van der Waals surface area contributed by atoms with Gasteiger partial charge in [0.05, 0.1) is 12.5 Å². The van der Waals surface area contributed by atoms with Crippen LogP contribution >= 0.6 is 0 Å². The van der Waals surface area contributed by atoms with E-state index in [2.05, 4.69) is 15.4 Å². The fourth-order valence-electron chi connectivity index (χ4n) is 4.85. The van der Waals surface area contributed by atoms with Crippen molar-refractivity contribution in [3.63, 3.8) is 0 Å². The molecule has 8 heteroatoms. The smallest absolute Gasteiger partial charge is 0.239 e. The van der Waals surface area contributed by atoms with Crippen LogP contribution in [-0.2, 0) is 9.59 Å². The Balaban J connectivity index is 1.25. The number of hydrogen-bond acceptors (Lipinski definition) is 6. The van der Waals surface area contributed by atoms with Gasteiger partial charge in [0.1, 0.15) is 5.76 Å². The Hall–Kier alpha value is -1.93. The van der Waals surface area contributed by atoms with Crippen molar-refractivity contribution in [1.29, 1.82) is 0 Å². The third kappa shape index (κ3) is 3.35. The largest absolute Gasteiger partial charge is 0.360 e. The molecule has 2 saturated carbocycles. The molecule has 2 heterocycles. The summed E-state index contributed by atoms with van der Waals surface area (Å²) >= 11 is 0. The summed E-state index contributed by atoms with van der Waals surface area (Å²) in [5, 5.41) is 6.49. The molecule has 26 heavy (non-hydrogen) atoms. The summed E-state index contributed by atoms with van der Waals surface area (Å²) in [5.74, 6) is 2.24. The molecule has 3 N–H and O–H groups in total. The molecule has 1 aromatic heterocycles. The van der Waals surface area contributed by atoms with Gasteiger partial charge in [0.15, 0.2) is 5.82 Å². The SMILES string of the molecule is Cc1cc(NC(=O)CN2CCN(C(=O)C3C4CCC(C4)C3N)CC2)no1. The molecule has 1 aliphatic heterocycles. The zero-order chi connectivity index (χ0) is 18.3. The average molecular weight is 361 g/mol. The Morgan fingerprint density at radius 2 is 2.00 bits per heavy atom. The Bertz CT molecular complexity index is 680. The van der Waals surface area contributed by atoms with Gasteiger partial charge >= 0.3 is 0 Å². The number of aryl methyl sites for hydroxylation is 1. The third-order valence-electron chi connectivity index (χ3n) is 6.21. The van der Waals surface area contributed by atoms with Crippen LogP contribution in [0.5, 0.6) is 0 Å². The van der Waals surface area contributed by atoms with E-state index in [0.717, 1.165) is 12.8 Å². The molecule has 4 atom stereocenters. The number of nitrogens with two attached hydrogens (primary N) is 1. The number of nitrogens with zero attached hydrogens (tertiary/aromatic N) is 3. The van der Waals surface area contributed by atoms with Gasteiger partial charge < -0.3 is 20.5 Å². The van der Waals surface area contributed by atoms with Crippen molar-refractivity contribution in [2.75, 3.05) is 38.0 Å². The molecule has 1 aromatic rings. The Morgan fingerprint density at radius 3 is 2.62 bits per heavy atom. The zero-order valence-corrected chi connectivity index (χ0v) is 15.2. The molecule has 4 rings (SSSR count). The summed E-state index contributed by atoms with van der Waals surface area (Å²) in [6, 6.07) is 1.73. The molecular formula is C18H27N5O3. The van der Waals surface area contributed by atoms with Crippen LogP contribution in [0, 0.1) is 24.7 Å². The second-order valence-corrected chi connectivity index (χ2v) is 7.91. The van der Waals surface area contributed by atoms with Gasteiger partial charge in [0, 0.05) is 38.3 Å². The molecule has 0 aromatic carbocycles. The van der Waals surface area contributed by atoms with E-state index in [-0.39, 0.29) is 23.8 Å². The molecule has 3 fully saturated rings. The van der Waals surface area contributed by atoms with Gasteiger partial charge in [-0.05, 0) is 38.0 Å². The lowest BCUT2D eigenvalue weighted by atomic mass is 9.84. The van der Waals surface area contributed by atoms with Crippen LogP contribution in [-0.4, -0.2) is 65.5 Å². The van der Waals surface area contributed by atoms with Gasteiger partial charge in [0.25, 0.3) is 0 Å². The molecule has 0 radical (unpaired) electrons. The first-order chi connectivity index (χ1) is 12.5. The molecule has 142 valence electrons. The quantitative estimate of drug-likeness (QED) is 0.806. The van der Waals surface area contributed by atoms with Crippen molar-refractivity contribution in [1.82, 2.24) is 15.0 Å². The standard InChI is InChI=1S/C18H27N5O3/c1-11-8-14(21-26-11)20-15(24)10-22-4-6-23(7-5-22)18(25)16-12-2-3-13(9-12)17(16)19/h8,12-13,16-17H,2-7,9-10,19H2,1H3,(H,20,21,24). The minimum atomic E-state index is -0.117. The fraction of sp³-hybridized carbons (Fsp3) is 0.722. The highest BCUT2D eigenvalue weighted by atomic mass is 16.5. The van der Waals surface area contributed by atoms with E-state index >= 15 is 0 Å². The molecule has 3 aliphatic rings. The highest BCUT2D eigenvalue weighted by Crippen LogP contribution is 2.48. The van der Waals surface area contributed by atoms with E-state index in [9.17, 15) is 9.59 Å². The van der Waals surface area contributed by atoms with Gasteiger partial charge in [-0.25, -0.2) is 0 Å². The number of fused-ring (bicyclic) bond motifs is 2. The van der Waals surface area contributed by atoms with Crippen molar-refractivity contribution in [2.45, 2.75) is 32.2 Å². The third-order valence-corrected chi connectivity index (χ3v) is 6.21. The molecule has 2 bridgehead atoms. The van der Waals surface area contributed by atoms with Crippen LogP contribution < -0.4 is 11.1 Å². The van der Waals surface area contributed by atoms with E-state index in [1.807, 2.05) is 4.90 Å². The zero-order valence-electron chi connectivity index (χ0n) is 15.2. The average Bonchev–Trinajstić information content (AvgIpc) is 3.31. The van der Waals surface area contributed by atoms with Gasteiger partial charge in [-0.3, -0.25) is 14.5 Å². The first-order valence-corrected chi connectivity index (χ1v) is 9.51. The van der Waals surface area contributed by atoms with Crippen LogP contribution in [0.4, 0.5) is 5.82 Å². The first-order valence-electron chi connectivity index (χ1n) is 9.51. The van der Waals surface area contributed by atoms with Crippen LogP contribution in [0.25, 0.3) is 0 Å². The van der Waals surface area contributed by atoms with Gasteiger partial charge in [-0.1, -0.05) is 5.16 Å².